The van der Waals surface area contributed by atoms with E-state index in [-0.39, 0.29) is 62.4 Å². The summed E-state index contributed by atoms with van der Waals surface area (Å²) in [6.07, 6.45) is 3.93. The van der Waals surface area contributed by atoms with Crippen LogP contribution in [0.15, 0.2) is 24.5 Å². The van der Waals surface area contributed by atoms with Crippen molar-refractivity contribution < 1.29 is 62.6 Å². The van der Waals surface area contributed by atoms with E-state index in [1.165, 1.54) is 94.8 Å². The molecular weight excluding hydrogens is 1190 g/mol. The van der Waals surface area contributed by atoms with Crippen LogP contribution in [0, 0.1) is 41.4 Å². The van der Waals surface area contributed by atoms with Crippen LogP contribution in [0.2, 0.25) is 0 Å². The third kappa shape index (κ3) is 23.0. The highest BCUT2D eigenvalue weighted by Crippen LogP contribution is 2.27. The molecule has 5 N–H and O–H groups in total. The topological polar surface area (TPSA) is 301 Å². The monoisotopic (exact) mass is 1310 g/mol. The van der Waals surface area contributed by atoms with E-state index in [1.807, 2.05) is 67.5 Å². The van der Waals surface area contributed by atoms with Gasteiger partial charge in [-0.15, -0.1) is 0 Å². The first-order chi connectivity index (χ1) is 43.2. The molecule has 1 saturated heterocycles. The summed E-state index contributed by atoms with van der Waals surface area (Å²) >= 11 is 0. The molecule has 1 aromatic rings. The summed E-state index contributed by atoms with van der Waals surface area (Å²) in [7, 11) is 11.3. The van der Waals surface area contributed by atoms with Gasteiger partial charge in [0.15, 0.2) is 0 Å². The summed E-state index contributed by atoms with van der Waals surface area (Å²) < 4.78 is 5.55. The van der Waals surface area contributed by atoms with Gasteiger partial charge in [-0.3, -0.25) is 57.7 Å². The van der Waals surface area contributed by atoms with Crippen molar-refractivity contribution in [1.82, 2.24) is 60.6 Å². The summed E-state index contributed by atoms with van der Waals surface area (Å²) in [6.45, 7) is 27.7. The fourth-order valence-electron chi connectivity index (χ4n) is 12.0. The highest BCUT2D eigenvalue weighted by molar-refractivity contribution is 6.00. The number of rotatable bonds is 19. The third-order valence-corrected chi connectivity index (χ3v) is 17.8. The van der Waals surface area contributed by atoms with Crippen molar-refractivity contribution >= 4 is 65.0 Å². The molecule has 0 aromatic carbocycles. The summed E-state index contributed by atoms with van der Waals surface area (Å²) in [4.78, 5) is 176. The average molecular weight is 1310 g/mol. The first kappa shape index (κ1) is 82.3. The number of aliphatic hydroxyl groups excluding tert-OH is 1. The smallest absolute Gasteiger partial charge is 0.248 e. The van der Waals surface area contributed by atoms with Crippen LogP contribution in [-0.2, 0) is 63.9 Å². The van der Waals surface area contributed by atoms with Crippen molar-refractivity contribution in [2.75, 3.05) is 63.1 Å². The number of likely N-dealkylation sites (N-methyl/N-ethyl adjacent to an activating group) is 7. The number of methoxy groups -OCH3 is 1. The molecule has 1 aliphatic heterocycles. The number of nitrogens with zero attached hydrogens (tertiary/aromatic N) is 8. The second kappa shape index (κ2) is 38.0. The van der Waals surface area contributed by atoms with Crippen molar-refractivity contribution in [2.24, 2.45) is 41.4 Å². The maximum absolute atomic E-state index is 15.4. The van der Waals surface area contributed by atoms with Crippen LogP contribution in [0.25, 0.3) is 0 Å². The number of aromatic nitrogens is 1. The summed E-state index contributed by atoms with van der Waals surface area (Å²) in [5.41, 5.74) is 1.01. The van der Waals surface area contributed by atoms with Crippen LogP contribution in [-0.4, -0.2) is 245 Å². The molecule has 0 radical (unpaired) electrons. The molecule has 0 spiro atoms. The second-order valence-corrected chi connectivity index (χ2v) is 28.2. The second-order valence-electron chi connectivity index (χ2n) is 28.2. The standard InChI is InChI=1S/C68H118N12O13/c1-25-48-63(87)78(21)53(37-93-24)66(90)74(17)50(34-39(4)5)60(84)73-54(42(10)11)67(91)75(18)49(33-38(2)3)59(83)70-45(15)58(82)71-46(16)62(86)76(19)51(35-40(6)7)64(88)77(20)52(36-41(8)9)65(89)79(22)55(43(12)13)68(92)80(23)56(61(85)72-48)57(81)44(14)27-26-28-47-29-31-69-32-30-47/h29-32,38-46,48-57,81H,25-28,33-37H2,1-24H3,(H,70,83)(H,71,82)(H,72,85)(H,73,84)/t44-,45+,46-,48+,49+,50+,51+,52+,53-,54+,55+,56-,57-/m1/s1. The molecule has 0 bridgehead atoms. The van der Waals surface area contributed by atoms with Gasteiger partial charge in [0.05, 0.1) is 12.7 Å². The fourth-order valence-corrected chi connectivity index (χ4v) is 12.0. The molecule has 11 amide bonds. The largest absolute Gasteiger partial charge is 0.390 e. The number of amides is 11. The van der Waals surface area contributed by atoms with Gasteiger partial charge >= 0.3 is 0 Å². The van der Waals surface area contributed by atoms with Gasteiger partial charge in [0.2, 0.25) is 65.0 Å². The van der Waals surface area contributed by atoms with Crippen molar-refractivity contribution in [1.29, 1.82) is 0 Å². The summed E-state index contributed by atoms with van der Waals surface area (Å²) in [5.74, 6) is -10.1. The molecule has 528 valence electrons. The van der Waals surface area contributed by atoms with Gasteiger partial charge in [0, 0.05) is 68.8 Å². The van der Waals surface area contributed by atoms with E-state index in [1.54, 1.807) is 53.9 Å². The lowest BCUT2D eigenvalue weighted by Gasteiger charge is -2.41. The predicted octanol–water partition coefficient (Wildman–Crippen LogP) is 3.74. The Bertz CT molecular complexity index is 2660. The first-order valence-electron chi connectivity index (χ1n) is 33.3. The number of aliphatic hydroxyl groups is 1. The Balaban J connectivity index is 3.06. The van der Waals surface area contributed by atoms with E-state index >= 15 is 19.2 Å². The molecule has 93 heavy (non-hydrogen) atoms. The van der Waals surface area contributed by atoms with Crippen molar-refractivity contribution in [3.63, 3.8) is 0 Å². The van der Waals surface area contributed by atoms with Gasteiger partial charge in [-0.25, -0.2) is 0 Å². The number of ether oxygens (including phenoxy) is 1. The molecule has 2 rings (SSSR count). The van der Waals surface area contributed by atoms with Crippen LogP contribution in [0.5, 0.6) is 0 Å². The quantitative estimate of drug-likeness (QED) is 0.132. The molecule has 0 saturated carbocycles. The minimum absolute atomic E-state index is 0.0257. The molecule has 0 unspecified atom stereocenters. The maximum atomic E-state index is 15.4. The van der Waals surface area contributed by atoms with Gasteiger partial charge in [-0.1, -0.05) is 96.9 Å². The van der Waals surface area contributed by atoms with Crippen LogP contribution >= 0.6 is 0 Å². The fraction of sp³-hybridized carbons (Fsp3) is 0.765. The SMILES string of the molecule is CC[C@@H]1NC(=O)[C@@H]([C@H](O)[C@H](C)CCCc2ccncc2)N(C)C(=O)[C@H](C(C)C)N(C)C(=O)[C@H](CC(C)C)N(C)C(=O)[C@H](CC(C)C)N(C)C(=O)[C@@H](C)NC(=O)[C@H](C)NC(=O)[C@H](CC(C)C)N(C)C(=O)[C@H](C(C)C)NC(=O)[C@H](CC(C)C)N(C)C(=O)[C@@H](COC)N(C)C1=O. The highest BCUT2D eigenvalue weighted by atomic mass is 16.5. The number of carbonyl (C=O) groups is 11. The zero-order valence-electron chi connectivity index (χ0n) is 60.6. The zero-order valence-corrected chi connectivity index (χ0v) is 60.6. The lowest BCUT2D eigenvalue weighted by atomic mass is 9.89. The van der Waals surface area contributed by atoms with E-state index < -0.39 is 155 Å². The molecule has 25 nitrogen and oxygen atoms in total. The van der Waals surface area contributed by atoms with E-state index in [2.05, 4.69) is 26.3 Å². The van der Waals surface area contributed by atoms with Crippen molar-refractivity contribution in [3.05, 3.63) is 30.1 Å². The van der Waals surface area contributed by atoms with E-state index in [9.17, 15) is 38.7 Å². The predicted molar refractivity (Wildman–Crippen MR) is 357 cm³/mol. The number of hydrogen-bond acceptors (Lipinski definition) is 14. The molecule has 2 heterocycles. The van der Waals surface area contributed by atoms with Gasteiger partial charge in [0.1, 0.15) is 66.5 Å². The Labute approximate surface area is 555 Å². The van der Waals surface area contributed by atoms with E-state index in [0.717, 1.165) is 15.4 Å². The molecule has 1 fully saturated rings. The Morgan fingerprint density at radius 3 is 1.33 bits per heavy atom. The number of nitrogens with one attached hydrogen (secondary N) is 4. The van der Waals surface area contributed by atoms with E-state index in [0.29, 0.717) is 19.3 Å². The van der Waals surface area contributed by atoms with Gasteiger partial charge in [-0.05, 0) is 124 Å². The third-order valence-electron chi connectivity index (χ3n) is 17.8. The molecule has 1 aromatic heterocycles. The molecule has 13 atom stereocenters. The summed E-state index contributed by atoms with van der Waals surface area (Å²) in [5, 5.41) is 23.6. The lowest BCUT2D eigenvalue weighted by molar-refractivity contribution is -0.157. The Kier molecular flexibility index (Phi) is 33.6. The lowest BCUT2D eigenvalue weighted by Crippen LogP contribution is -2.64. The minimum Gasteiger partial charge on any atom is -0.390 e. The van der Waals surface area contributed by atoms with Crippen LogP contribution in [0.3, 0.4) is 0 Å². The number of pyridine rings is 1. The maximum Gasteiger partial charge on any atom is 0.248 e. The molecule has 1 aliphatic rings. The summed E-state index contributed by atoms with van der Waals surface area (Å²) in [6, 6.07) is -10.3. The molecule has 0 aliphatic carbocycles. The van der Waals surface area contributed by atoms with Crippen LogP contribution in [0.1, 0.15) is 161 Å². The Morgan fingerprint density at radius 1 is 0.462 bits per heavy atom. The Morgan fingerprint density at radius 2 is 0.871 bits per heavy atom. The first-order valence-corrected chi connectivity index (χ1v) is 33.3. The van der Waals surface area contributed by atoms with Gasteiger partial charge in [0.25, 0.3) is 0 Å². The van der Waals surface area contributed by atoms with Gasteiger partial charge < -0.3 is 65.4 Å². The van der Waals surface area contributed by atoms with Gasteiger partial charge in [-0.2, -0.15) is 0 Å². The normalized spacial score (nSPS) is 26.3. The average Bonchev–Trinajstić information content (AvgIpc) is 0.885. The molecule has 25 heteroatoms. The zero-order chi connectivity index (χ0) is 71.4. The highest BCUT2D eigenvalue weighted by Gasteiger charge is 2.46. The molecular formula is C68H118N12O13. The van der Waals surface area contributed by atoms with Crippen LogP contribution < -0.4 is 21.3 Å². The Hall–Kier alpha value is -6.76. The van der Waals surface area contributed by atoms with E-state index in [4.69, 9.17) is 4.74 Å². The van der Waals surface area contributed by atoms with Crippen molar-refractivity contribution in [2.45, 2.75) is 235 Å². The van der Waals surface area contributed by atoms with Crippen molar-refractivity contribution in [3.8, 4) is 0 Å². The number of carbonyl (C=O) groups excluding carboxylic acids is 11. The number of hydrogen-bond donors (Lipinski definition) is 5. The number of aryl methyl sites for hydroxylation is 1. The minimum atomic E-state index is -1.66. The van der Waals surface area contributed by atoms with Crippen LogP contribution in [0.4, 0.5) is 0 Å².